The number of nitrogens with one attached hydrogen (secondary N) is 2. The van der Waals surface area contributed by atoms with Crippen LogP contribution in [0.3, 0.4) is 0 Å². The number of aryl methyl sites for hydroxylation is 1. The van der Waals surface area contributed by atoms with E-state index in [-0.39, 0.29) is 24.3 Å². The van der Waals surface area contributed by atoms with Crippen molar-refractivity contribution < 1.29 is 9.59 Å². The van der Waals surface area contributed by atoms with Gasteiger partial charge < -0.3 is 10.6 Å². The molecule has 3 rings (SSSR count). The van der Waals surface area contributed by atoms with E-state index in [1.54, 1.807) is 41.6 Å². The third kappa shape index (κ3) is 5.01. The number of pyridine rings is 1. The lowest BCUT2D eigenvalue weighted by Gasteiger charge is -2.18. The first kappa shape index (κ1) is 18.3. The van der Waals surface area contributed by atoms with E-state index in [9.17, 15) is 9.59 Å². The monoisotopic (exact) mass is 363 g/mol. The summed E-state index contributed by atoms with van der Waals surface area (Å²) in [6.07, 6.45) is 6.84. The lowest BCUT2D eigenvalue weighted by molar-refractivity contribution is -0.120. The fourth-order valence-corrected chi connectivity index (χ4v) is 2.70. The minimum atomic E-state index is -0.388. The van der Waals surface area contributed by atoms with Crippen LogP contribution < -0.4 is 10.6 Å². The summed E-state index contributed by atoms with van der Waals surface area (Å²) in [5.41, 5.74) is 2.60. The van der Waals surface area contributed by atoms with Gasteiger partial charge in [-0.3, -0.25) is 14.2 Å². The molecular formula is C20H21N5O2. The van der Waals surface area contributed by atoms with E-state index in [1.165, 1.54) is 6.92 Å². The van der Waals surface area contributed by atoms with Crippen LogP contribution >= 0.6 is 0 Å². The molecule has 1 unspecified atom stereocenters. The van der Waals surface area contributed by atoms with Gasteiger partial charge in [0.05, 0.1) is 24.3 Å². The number of hydrogen-bond donors (Lipinski definition) is 2. The van der Waals surface area contributed by atoms with Crippen molar-refractivity contribution in [3.05, 3.63) is 72.4 Å². The molecule has 2 heterocycles. The van der Waals surface area contributed by atoms with E-state index in [2.05, 4.69) is 20.6 Å². The van der Waals surface area contributed by atoms with E-state index >= 15 is 0 Å². The van der Waals surface area contributed by atoms with Crippen molar-refractivity contribution in [1.29, 1.82) is 0 Å². The molecule has 2 aromatic heterocycles. The third-order valence-electron chi connectivity index (χ3n) is 4.05. The minimum absolute atomic E-state index is 0.131. The molecule has 0 saturated carbocycles. The van der Waals surface area contributed by atoms with Gasteiger partial charge in [0.25, 0.3) is 0 Å². The minimum Gasteiger partial charge on any atom is -0.349 e. The summed E-state index contributed by atoms with van der Waals surface area (Å²) < 4.78 is 1.77. The maximum Gasteiger partial charge on any atom is 0.226 e. The second kappa shape index (κ2) is 8.27. The van der Waals surface area contributed by atoms with Crippen molar-refractivity contribution in [3.63, 3.8) is 0 Å². The molecule has 7 nitrogen and oxygen atoms in total. The SMILES string of the molecule is CC(=O)NC(CC(=O)Nc1ccc(-n2ccnc2)nc1)c1ccc(C)cc1. The average Bonchev–Trinajstić information content (AvgIpc) is 3.17. The first-order chi connectivity index (χ1) is 13.0. The Morgan fingerprint density at radius 2 is 1.93 bits per heavy atom. The lowest BCUT2D eigenvalue weighted by atomic mass is 10.0. The number of carbonyl (C=O) groups is 2. The molecule has 0 radical (unpaired) electrons. The van der Waals surface area contributed by atoms with E-state index < -0.39 is 0 Å². The number of hydrogen-bond acceptors (Lipinski definition) is 4. The Labute approximate surface area is 157 Å². The predicted molar refractivity (Wildman–Crippen MR) is 102 cm³/mol. The number of carbonyl (C=O) groups excluding carboxylic acids is 2. The van der Waals surface area contributed by atoms with Gasteiger partial charge in [0.1, 0.15) is 12.1 Å². The number of aromatic nitrogens is 3. The zero-order valence-electron chi connectivity index (χ0n) is 15.2. The highest BCUT2D eigenvalue weighted by Gasteiger charge is 2.17. The van der Waals surface area contributed by atoms with Crippen LogP contribution in [0.25, 0.3) is 5.82 Å². The van der Waals surface area contributed by atoms with Crippen molar-refractivity contribution in [2.24, 2.45) is 0 Å². The van der Waals surface area contributed by atoms with E-state index in [0.29, 0.717) is 11.5 Å². The number of rotatable bonds is 6. The Morgan fingerprint density at radius 3 is 2.52 bits per heavy atom. The lowest BCUT2D eigenvalue weighted by Crippen LogP contribution is -2.29. The molecule has 138 valence electrons. The van der Waals surface area contributed by atoms with Gasteiger partial charge in [-0.2, -0.15) is 0 Å². The van der Waals surface area contributed by atoms with Crippen LogP contribution in [-0.4, -0.2) is 26.3 Å². The van der Waals surface area contributed by atoms with Gasteiger partial charge in [-0.15, -0.1) is 0 Å². The molecule has 1 atom stereocenters. The van der Waals surface area contributed by atoms with Crippen molar-refractivity contribution in [2.75, 3.05) is 5.32 Å². The highest BCUT2D eigenvalue weighted by atomic mass is 16.2. The molecular weight excluding hydrogens is 342 g/mol. The normalized spacial score (nSPS) is 11.6. The van der Waals surface area contributed by atoms with Gasteiger partial charge in [0.2, 0.25) is 11.8 Å². The smallest absolute Gasteiger partial charge is 0.226 e. The van der Waals surface area contributed by atoms with Crippen molar-refractivity contribution in [2.45, 2.75) is 26.3 Å². The van der Waals surface area contributed by atoms with Gasteiger partial charge >= 0.3 is 0 Å². The predicted octanol–water partition coefficient (Wildman–Crippen LogP) is 2.78. The topological polar surface area (TPSA) is 88.9 Å². The molecule has 3 aromatic rings. The highest BCUT2D eigenvalue weighted by Crippen LogP contribution is 2.19. The standard InChI is InChI=1S/C20H21N5O2/c1-14-3-5-16(6-4-14)18(23-15(2)26)11-20(27)24-17-7-8-19(22-12-17)25-10-9-21-13-25/h3-10,12-13,18H,11H2,1-2H3,(H,23,26)(H,24,27). The van der Waals surface area contributed by atoms with Crippen LogP contribution in [0.4, 0.5) is 5.69 Å². The molecule has 0 aliphatic heterocycles. The molecule has 0 spiro atoms. The summed E-state index contributed by atoms with van der Waals surface area (Å²) in [5.74, 6) is 0.326. The Balaban J connectivity index is 1.66. The Morgan fingerprint density at radius 1 is 1.15 bits per heavy atom. The van der Waals surface area contributed by atoms with E-state index in [4.69, 9.17) is 0 Å². The molecule has 7 heteroatoms. The van der Waals surface area contributed by atoms with Gasteiger partial charge in [-0.05, 0) is 24.6 Å². The second-order valence-corrected chi connectivity index (χ2v) is 6.29. The maximum atomic E-state index is 12.5. The Hall–Kier alpha value is -3.48. The van der Waals surface area contributed by atoms with Crippen LogP contribution in [0.2, 0.25) is 0 Å². The summed E-state index contributed by atoms with van der Waals surface area (Å²) >= 11 is 0. The number of nitrogens with zero attached hydrogens (tertiary/aromatic N) is 3. The zero-order chi connectivity index (χ0) is 19.2. The molecule has 27 heavy (non-hydrogen) atoms. The molecule has 0 bridgehead atoms. The number of benzene rings is 1. The quantitative estimate of drug-likeness (QED) is 0.705. The number of imidazole rings is 1. The highest BCUT2D eigenvalue weighted by molar-refractivity contribution is 5.91. The molecule has 2 N–H and O–H groups in total. The molecule has 0 saturated heterocycles. The summed E-state index contributed by atoms with van der Waals surface area (Å²) in [5, 5.41) is 5.66. The van der Waals surface area contributed by atoms with Gasteiger partial charge in [-0.25, -0.2) is 9.97 Å². The number of anilines is 1. The summed E-state index contributed by atoms with van der Waals surface area (Å²) in [6, 6.07) is 10.9. The van der Waals surface area contributed by atoms with Crippen LogP contribution in [0.1, 0.15) is 30.5 Å². The van der Waals surface area contributed by atoms with E-state index in [1.807, 2.05) is 31.2 Å². The molecule has 1 aromatic carbocycles. The maximum absolute atomic E-state index is 12.5. The molecule has 0 fully saturated rings. The van der Waals surface area contributed by atoms with Crippen LogP contribution in [0.5, 0.6) is 0 Å². The Bertz CT molecular complexity index is 903. The second-order valence-electron chi connectivity index (χ2n) is 6.29. The average molecular weight is 363 g/mol. The fraction of sp³-hybridized carbons (Fsp3) is 0.200. The van der Waals surface area contributed by atoms with Gasteiger partial charge in [0, 0.05) is 19.3 Å². The Kier molecular flexibility index (Phi) is 5.61. The van der Waals surface area contributed by atoms with Crippen LogP contribution in [-0.2, 0) is 9.59 Å². The molecule has 0 aliphatic rings. The fourth-order valence-electron chi connectivity index (χ4n) is 2.70. The summed E-state index contributed by atoms with van der Waals surface area (Å²) in [6.45, 7) is 3.43. The molecule has 2 amide bonds. The first-order valence-electron chi connectivity index (χ1n) is 8.59. The zero-order valence-corrected chi connectivity index (χ0v) is 15.2. The van der Waals surface area contributed by atoms with Gasteiger partial charge in [0.15, 0.2) is 0 Å². The van der Waals surface area contributed by atoms with Crippen LogP contribution in [0.15, 0.2) is 61.3 Å². The third-order valence-corrected chi connectivity index (χ3v) is 4.05. The van der Waals surface area contributed by atoms with Crippen molar-refractivity contribution in [3.8, 4) is 5.82 Å². The summed E-state index contributed by atoms with van der Waals surface area (Å²) in [4.78, 5) is 32.3. The number of amides is 2. The molecule has 0 aliphatic carbocycles. The summed E-state index contributed by atoms with van der Waals surface area (Å²) in [7, 11) is 0. The van der Waals surface area contributed by atoms with Crippen molar-refractivity contribution in [1.82, 2.24) is 19.9 Å². The first-order valence-corrected chi connectivity index (χ1v) is 8.59. The largest absolute Gasteiger partial charge is 0.349 e. The van der Waals surface area contributed by atoms with Crippen LogP contribution in [0, 0.1) is 6.92 Å². The van der Waals surface area contributed by atoms with Gasteiger partial charge in [-0.1, -0.05) is 29.8 Å². The van der Waals surface area contributed by atoms with Crippen molar-refractivity contribution >= 4 is 17.5 Å². The van der Waals surface area contributed by atoms with E-state index in [0.717, 1.165) is 11.1 Å².